The molecule has 7 heteroatoms. The van der Waals surface area contributed by atoms with Crippen LogP contribution in [0.1, 0.15) is 38.3 Å². The van der Waals surface area contributed by atoms with E-state index in [2.05, 4.69) is 15.4 Å². The van der Waals surface area contributed by atoms with Crippen LogP contribution in [-0.2, 0) is 25.7 Å². The summed E-state index contributed by atoms with van der Waals surface area (Å²) in [7, 11) is 1.15. The van der Waals surface area contributed by atoms with Gasteiger partial charge in [0, 0.05) is 6.54 Å². The maximum absolute atomic E-state index is 13.2. The largest absolute Gasteiger partial charge is 0.467 e. The van der Waals surface area contributed by atoms with Crippen molar-refractivity contribution in [2.24, 2.45) is 11.3 Å². The van der Waals surface area contributed by atoms with Gasteiger partial charge in [-0.25, -0.2) is 4.79 Å². The molecule has 7 nitrogen and oxygen atoms in total. The van der Waals surface area contributed by atoms with Crippen LogP contribution in [0.15, 0.2) is 66.7 Å². The van der Waals surface area contributed by atoms with Gasteiger partial charge in [0.15, 0.2) is 6.10 Å². The van der Waals surface area contributed by atoms with Gasteiger partial charge in [-0.1, -0.05) is 93.6 Å². The number of carbonyl (C=O) groups excluding carboxylic acids is 3. The van der Waals surface area contributed by atoms with Gasteiger partial charge in [0.05, 0.1) is 13.0 Å². The Morgan fingerprint density at radius 2 is 1.56 bits per heavy atom. The van der Waals surface area contributed by atoms with Gasteiger partial charge in [-0.2, -0.15) is 0 Å². The molecule has 0 fully saturated rings. The summed E-state index contributed by atoms with van der Waals surface area (Å²) in [4.78, 5) is 38.2. The van der Waals surface area contributed by atoms with Crippen LogP contribution in [0.5, 0.6) is 0 Å². The summed E-state index contributed by atoms with van der Waals surface area (Å²) >= 11 is 0. The van der Waals surface area contributed by atoms with Gasteiger partial charge in [0.1, 0.15) is 6.04 Å². The fourth-order valence-electron chi connectivity index (χ4n) is 3.39. The summed E-state index contributed by atoms with van der Waals surface area (Å²) in [6.45, 7) is 5.82. The molecule has 3 atom stereocenters. The molecular weight excluding hydrogens is 432 g/mol. The molecule has 1 unspecified atom stereocenters. The number of rotatable bonds is 10. The number of aliphatic hydroxyl groups is 1. The Morgan fingerprint density at radius 1 is 0.971 bits per heavy atom. The number of carbonyl (C=O) groups is 3. The molecule has 182 valence electrons. The van der Waals surface area contributed by atoms with E-state index in [9.17, 15) is 19.5 Å². The molecule has 2 rings (SSSR count). The van der Waals surface area contributed by atoms with Crippen LogP contribution >= 0.6 is 0 Å². The van der Waals surface area contributed by atoms with Crippen molar-refractivity contribution in [3.63, 3.8) is 0 Å². The zero-order valence-corrected chi connectivity index (χ0v) is 20.2. The highest BCUT2D eigenvalue weighted by Crippen LogP contribution is 2.22. The number of amides is 2. The molecule has 0 aliphatic heterocycles. The first kappa shape index (κ1) is 26.8. The highest BCUT2D eigenvalue weighted by atomic mass is 16.5. The summed E-state index contributed by atoms with van der Waals surface area (Å²) in [6, 6.07) is 18.0. The Hall–Kier alpha value is -3.45. The van der Waals surface area contributed by atoms with Gasteiger partial charge in [0.2, 0.25) is 11.8 Å². The molecule has 0 bridgehead atoms. The molecule has 0 saturated heterocycles. The van der Waals surface area contributed by atoms with Crippen LogP contribution in [-0.4, -0.2) is 42.1 Å². The quantitative estimate of drug-likeness (QED) is 0.467. The molecule has 34 heavy (non-hydrogen) atoms. The van der Waals surface area contributed by atoms with Crippen LogP contribution in [0.25, 0.3) is 6.08 Å². The SMILES string of the molecule is COC(=O)[C@@H](O)[C@@H](C/C=C/c1ccccc1)C(=O)NC(C(=O)NCc1ccccc1)C(C)(C)C. The second-order valence-electron chi connectivity index (χ2n) is 9.13. The van der Waals surface area contributed by atoms with E-state index in [1.54, 1.807) is 12.2 Å². The molecule has 0 aromatic heterocycles. The molecule has 2 aromatic rings. The Balaban J connectivity index is 2.16. The summed E-state index contributed by atoms with van der Waals surface area (Å²) in [6.07, 6.45) is 1.93. The van der Waals surface area contributed by atoms with Gasteiger partial charge in [-0.3, -0.25) is 9.59 Å². The van der Waals surface area contributed by atoms with E-state index in [1.807, 2.05) is 81.4 Å². The first-order chi connectivity index (χ1) is 16.1. The minimum atomic E-state index is -1.67. The van der Waals surface area contributed by atoms with E-state index in [4.69, 9.17) is 0 Å². The summed E-state index contributed by atoms with van der Waals surface area (Å²) < 4.78 is 4.64. The van der Waals surface area contributed by atoms with Crippen LogP contribution in [0, 0.1) is 11.3 Å². The lowest BCUT2D eigenvalue weighted by Gasteiger charge is -2.32. The lowest BCUT2D eigenvalue weighted by molar-refractivity contribution is -0.157. The first-order valence-electron chi connectivity index (χ1n) is 11.2. The monoisotopic (exact) mass is 466 g/mol. The van der Waals surface area contributed by atoms with Gasteiger partial charge in [0.25, 0.3) is 0 Å². The predicted octanol–water partition coefficient (Wildman–Crippen LogP) is 3.09. The third kappa shape index (κ3) is 8.15. The van der Waals surface area contributed by atoms with E-state index in [0.717, 1.165) is 18.2 Å². The van der Waals surface area contributed by atoms with Gasteiger partial charge >= 0.3 is 5.97 Å². The number of benzene rings is 2. The van der Waals surface area contributed by atoms with Crippen molar-refractivity contribution in [1.29, 1.82) is 0 Å². The highest BCUT2D eigenvalue weighted by molar-refractivity contribution is 5.91. The fraction of sp³-hybridized carbons (Fsp3) is 0.370. The van der Waals surface area contributed by atoms with E-state index < -0.39 is 35.4 Å². The predicted molar refractivity (Wildman–Crippen MR) is 131 cm³/mol. The number of nitrogens with one attached hydrogen (secondary N) is 2. The van der Waals surface area contributed by atoms with Crippen molar-refractivity contribution in [3.8, 4) is 0 Å². The molecule has 2 amide bonds. The minimum Gasteiger partial charge on any atom is -0.467 e. The average molecular weight is 467 g/mol. The van der Waals surface area contributed by atoms with Crippen LogP contribution < -0.4 is 10.6 Å². The molecule has 0 heterocycles. The molecular formula is C27H34N2O5. The molecule has 3 N–H and O–H groups in total. The Kier molecular flexibility index (Phi) is 10.0. The minimum absolute atomic E-state index is 0.0828. The first-order valence-corrected chi connectivity index (χ1v) is 11.2. The number of hydrogen-bond acceptors (Lipinski definition) is 5. The van der Waals surface area contributed by atoms with E-state index in [1.165, 1.54) is 0 Å². The van der Waals surface area contributed by atoms with Crippen molar-refractivity contribution in [2.75, 3.05) is 7.11 Å². The number of aliphatic hydroxyl groups excluding tert-OH is 1. The van der Waals surface area contributed by atoms with Crippen molar-refractivity contribution in [1.82, 2.24) is 10.6 Å². The normalized spacial score (nSPS) is 14.1. The van der Waals surface area contributed by atoms with E-state index in [0.29, 0.717) is 6.54 Å². The van der Waals surface area contributed by atoms with Crippen LogP contribution in [0.4, 0.5) is 0 Å². The number of hydrogen-bond donors (Lipinski definition) is 3. The lowest BCUT2D eigenvalue weighted by atomic mass is 9.85. The van der Waals surface area contributed by atoms with Gasteiger partial charge in [-0.05, 0) is 23.0 Å². The zero-order chi connectivity index (χ0) is 25.1. The number of allylic oxidation sites excluding steroid dienone is 1. The third-order valence-electron chi connectivity index (χ3n) is 5.38. The second kappa shape index (κ2) is 12.7. The van der Waals surface area contributed by atoms with Crippen molar-refractivity contribution >= 4 is 23.9 Å². The molecule has 0 saturated carbocycles. The molecule has 2 aromatic carbocycles. The topological polar surface area (TPSA) is 105 Å². The Morgan fingerprint density at radius 3 is 2.12 bits per heavy atom. The van der Waals surface area contributed by atoms with Gasteiger partial charge < -0.3 is 20.5 Å². The fourth-order valence-corrected chi connectivity index (χ4v) is 3.39. The van der Waals surface area contributed by atoms with Gasteiger partial charge in [-0.15, -0.1) is 0 Å². The van der Waals surface area contributed by atoms with Crippen LogP contribution in [0.2, 0.25) is 0 Å². The summed E-state index contributed by atoms with van der Waals surface area (Å²) in [5.74, 6) is -2.99. The lowest BCUT2D eigenvalue weighted by Crippen LogP contribution is -2.56. The number of methoxy groups -OCH3 is 1. The van der Waals surface area contributed by atoms with Crippen molar-refractivity contribution < 1.29 is 24.2 Å². The van der Waals surface area contributed by atoms with E-state index >= 15 is 0 Å². The van der Waals surface area contributed by atoms with Crippen molar-refractivity contribution in [3.05, 3.63) is 77.9 Å². The molecule has 0 spiro atoms. The summed E-state index contributed by atoms with van der Waals surface area (Å²) in [5.41, 5.74) is 1.24. The highest BCUT2D eigenvalue weighted by Gasteiger charge is 2.38. The third-order valence-corrected chi connectivity index (χ3v) is 5.38. The van der Waals surface area contributed by atoms with E-state index in [-0.39, 0.29) is 12.3 Å². The van der Waals surface area contributed by atoms with Crippen LogP contribution in [0.3, 0.4) is 0 Å². The molecule has 0 aliphatic carbocycles. The molecule has 0 aliphatic rings. The summed E-state index contributed by atoms with van der Waals surface area (Å²) in [5, 5.41) is 16.1. The maximum Gasteiger partial charge on any atom is 0.335 e. The Labute approximate surface area is 201 Å². The second-order valence-corrected chi connectivity index (χ2v) is 9.13. The number of ether oxygens (including phenoxy) is 1. The maximum atomic E-state index is 13.2. The number of esters is 1. The van der Waals surface area contributed by atoms with Crippen molar-refractivity contribution in [2.45, 2.75) is 45.9 Å². The average Bonchev–Trinajstić information content (AvgIpc) is 2.83. The smallest absolute Gasteiger partial charge is 0.335 e. The molecule has 0 radical (unpaired) electrons. The Bertz CT molecular complexity index is 968. The zero-order valence-electron chi connectivity index (χ0n) is 20.2. The standard InChI is InChI=1S/C27H34N2O5/c1-27(2,3)23(25(32)28-18-20-14-9-6-10-15-20)29-24(31)21(22(30)26(33)34-4)17-11-16-19-12-7-5-8-13-19/h5-16,21-23,30H,17-18H2,1-4H3,(H,28,32)(H,29,31)/b16-11+/t21-,22+,23?/m1/s1.